The van der Waals surface area contributed by atoms with E-state index in [1.54, 1.807) is 0 Å². The number of aliphatic hydroxyl groups is 1. The Hall–Kier alpha value is -1.69. The molecule has 12 heteroatoms. The maximum atomic E-state index is 10.3. The first-order chi connectivity index (χ1) is 9.40. The summed E-state index contributed by atoms with van der Waals surface area (Å²) < 4.78 is 0. The molecule has 0 heterocycles. The normalized spacial score (nSPS) is 9.86. The quantitative estimate of drug-likeness (QED) is 0.254. The molecule has 0 rings (SSSR count). The number of hydrogen-bond acceptors (Lipinski definition) is 8. The van der Waals surface area contributed by atoms with Crippen LogP contribution in [0.5, 0.6) is 0 Å². The Kier molecular flexibility index (Phi) is 13.7. The van der Waals surface area contributed by atoms with Crippen molar-refractivity contribution in [3.05, 3.63) is 12.2 Å². The average Bonchev–Trinajstić information content (AvgIpc) is 2.24. The van der Waals surface area contributed by atoms with Crippen molar-refractivity contribution in [3.8, 4) is 0 Å². The molecule has 0 amide bonds. The van der Waals surface area contributed by atoms with Crippen molar-refractivity contribution < 1.29 is 54.6 Å². The first-order valence-corrected chi connectivity index (χ1v) is 4.90. The number of carboxylic acid groups (broad SMARTS) is 5. The number of hydrogen-bond donors (Lipinski definition) is 4. The third-order valence-corrected chi connectivity index (χ3v) is 1.64. The first kappa shape index (κ1) is 25.3. The van der Waals surface area contributed by atoms with Crippen LogP contribution in [0.3, 0.4) is 0 Å². The standard InChI is InChI=1S/C6H8O7.C4H4O4.Ca/c7-3(8)1-6(13,5(11)12)2-4(9)10;5-3(6)1-2-4(7)8;/h13H,1-2H2,(H,7,8)(H,9,10)(H,11,12);1-2H,(H,5,6)(H,7,8);/q;;+2/p-2. The Morgan fingerprint density at radius 2 is 1.09 bits per heavy atom. The van der Waals surface area contributed by atoms with E-state index in [0.29, 0.717) is 12.2 Å². The zero-order valence-corrected chi connectivity index (χ0v) is 13.1. The van der Waals surface area contributed by atoms with E-state index in [4.69, 9.17) is 20.4 Å². The second-order valence-corrected chi connectivity index (χ2v) is 3.45. The molecular weight excluding hydrogens is 336 g/mol. The zero-order valence-electron chi connectivity index (χ0n) is 10.9. The third kappa shape index (κ3) is 14.7. The molecule has 0 radical (unpaired) electrons. The van der Waals surface area contributed by atoms with E-state index in [0.717, 1.165) is 0 Å². The largest absolute Gasteiger partial charge is 2.00 e. The second kappa shape index (κ2) is 11.9. The van der Waals surface area contributed by atoms with Gasteiger partial charge >= 0.3 is 55.6 Å². The van der Waals surface area contributed by atoms with Crippen molar-refractivity contribution >= 4 is 67.6 Å². The van der Waals surface area contributed by atoms with Gasteiger partial charge in [0.25, 0.3) is 0 Å². The summed E-state index contributed by atoms with van der Waals surface area (Å²) in [6.07, 6.45) is -1.52. The van der Waals surface area contributed by atoms with Crippen molar-refractivity contribution in [2.45, 2.75) is 18.4 Å². The molecule has 22 heavy (non-hydrogen) atoms. The van der Waals surface area contributed by atoms with Gasteiger partial charge in [0.1, 0.15) is 0 Å². The summed E-state index contributed by atoms with van der Waals surface area (Å²) in [5.74, 6) is -8.11. The van der Waals surface area contributed by atoms with Crippen LogP contribution in [0, 0.1) is 0 Å². The van der Waals surface area contributed by atoms with Gasteiger partial charge in [-0.05, 0) is 12.2 Å². The predicted octanol–water partition coefficient (Wildman–Crippen LogP) is -4.59. The minimum absolute atomic E-state index is 0. The van der Waals surface area contributed by atoms with Crippen LogP contribution in [0.15, 0.2) is 12.2 Å². The van der Waals surface area contributed by atoms with Crippen molar-refractivity contribution in [1.82, 2.24) is 0 Å². The van der Waals surface area contributed by atoms with Gasteiger partial charge in [0.2, 0.25) is 0 Å². The number of carboxylic acids is 5. The fourth-order valence-corrected chi connectivity index (χ4v) is 0.850. The van der Waals surface area contributed by atoms with Crippen molar-refractivity contribution in [3.63, 3.8) is 0 Å². The van der Waals surface area contributed by atoms with Crippen LogP contribution in [-0.4, -0.2) is 93.6 Å². The van der Waals surface area contributed by atoms with Gasteiger partial charge in [-0.15, -0.1) is 0 Å². The third-order valence-electron chi connectivity index (χ3n) is 1.64. The molecule has 4 N–H and O–H groups in total. The van der Waals surface area contributed by atoms with Crippen molar-refractivity contribution in [1.29, 1.82) is 0 Å². The molecule has 0 aliphatic rings. The summed E-state index contributed by atoms with van der Waals surface area (Å²) >= 11 is 0. The van der Waals surface area contributed by atoms with Gasteiger partial charge < -0.3 is 40.2 Å². The monoisotopic (exact) mass is 346 g/mol. The Balaban J connectivity index is -0.000000348. The molecule has 0 saturated heterocycles. The van der Waals surface area contributed by atoms with E-state index in [9.17, 15) is 34.2 Å². The van der Waals surface area contributed by atoms with E-state index in [-0.39, 0.29) is 37.7 Å². The number of aliphatic carboxylic acids is 5. The van der Waals surface area contributed by atoms with Crippen LogP contribution in [0.25, 0.3) is 0 Å². The number of carbonyl (C=O) groups is 5. The van der Waals surface area contributed by atoms with Gasteiger partial charge in [0.15, 0.2) is 5.60 Å². The van der Waals surface area contributed by atoms with E-state index in [1.165, 1.54) is 0 Å². The van der Waals surface area contributed by atoms with Crippen LogP contribution in [0.2, 0.25) is 0 Å². The van der Waals surface area contributed by atoms with Crippen LogP contribution in [0.1, 0.15) is 12.8 Å². The molecule has 0 unspecified atom stereocenters. The molecule has 0 aliphatic heterocycles. The summed E-state index contributed by atoms with van der Waals surface area (Å²) in [5.41, 5.74) is -2.74. The van der Waals surface area contributed by atoms with Gasteiger partial charge in [-0.2, -0.15) is 0 Å². The molecule has 0 aromatic heterocycles. The van der Waals surface area contributed by atoms with Crippen LogP contribution >= 0.6 is 0 Å². The van der Waals surface area contributed by atoms with Gasteiger partial charge in [-0.3, -0.25) is 9.59 Å². The molecule has 0 aromatic carbocycles. The zero-order chi connectivity index (χ0) is 17.2. The molecule has 0 saturated carbocycles. The minimum atomic E-state index is -2.74. The Morgan fingerprint density at radius 1 is 0.818 bits per heavy atom. The summed E-state index contributed by atoms with van der Waals surface area (Å²) in [6, 6.07) is 0. The molecule has 11 nitrogen and oxygen atoms in total. The second-order valence-electron chi connectivity index (χ2n) is 3.45. The van der Waals surface area contributed by atoms with E-state index in [2.05, 4.69) is 0 Å². The van der Waals surface area contributed by atoms with E-state index < -0.39 is 48.3 Å². The molecule has 0 atom stereocenters. The average molecular weight is 346 g/mol. The minimum Gasteiger partial charge on any atom is -0.545 e. The van der Waals surface area contributed by atoms with Crippen molar-refractivity contribution in [2.24, 2.45) is 0 Å². The maximum Gasteiger partial charge on any atom is 2.00 e. The van der Waals surface area contributed by atoms with Gasteiger partial charge in [-0.25, -0.2) is 4.79 Å². The van der Waals surface area contributed by atoms with Crippen LogP contribution in [-0.2, 0) is 24.0 Å². The summed E-state index contributed by atoms with van der Waals surface area (Å²) in [6.45, 7) is 0. The van der Waals surface area contributed by atoms with Gasteiger partial charge in [-0.1, -0.05) is 0 Å². The van der Waals surface area contributed by atoms with Crippen LogP contribution in [0.4, 0.5) is 0 Å². The molecule has 0 spiro atoms. The summed E-state index contributed by atoms with van der Waals surface area (Å²) in [4.78, 5) is 49.3. The van der Waals surface area contributed by atoms with Gasteiger partial charge in [0.05, 0.1) is 24.8 Å². The molecule has 0 fully saturated rings. The molecule has 0 aromatic rings. The number of carbonyl (C=O) groups excluding carboxylic acids is 2. The topological polar surface area (TPSA) is 212 Å². The van der Waals surface area contributed by atoms with E-state index >= 15 is 0 Å². The fourth-order valence-electron chi connectivity index (χ4n) is 0.850. The predicted molar refractivity (Wildman–Crippen MR) is 62.0 cm³/mol. The van der Waals surface area contributed by atoms with Crippen LogP contribution < -0.4 is 10.2 Å². The summed E-state index contributed by atoms with van der Waals surface area (Å²) in [7, 11) is 0. The molecular formula is C10H10CaO11. The Bertz CT molecular complexity index is 435. The molecule has 0 bridgehead atoms. The molecule has 118 valence electrons. The van der Waals surface area contributed by atoms with Gasteiger partial charge in [0, 0.05) is 0 Å². The van der Waals surface area contributed by atoms with Crippen molar-refractivity contribution in [2.75, 3.05) is 0 Å². The molecule has 0 aliphatic carbocycles. The summed E-state index contributed by atoms with van der Waals surface area (Å²) in [5, 5.41) is 52.6. The Morgan fingerprint density at radius 3 is 1.23 bits per heavy atom. The SMILES string of the molecule is O=C(O)CC(O)(CC(=O)O)C(=O)O.O=C([O-])C=CC(=O)[O-].[Ca+2]. The Labute approximate surface area is 152 Å². The maximum absolute atomic E-state index is 10.3. The fraction of sp³-hybridized carbons (Fsp3) is 0.300. The number of rotatable bonds is 7. The smallest absolute Gasteiger partial charge is 0.545 e. The van der Waals surface area contributed by atoms with E-state index in [1.807, 2.05) is 0 Å². The first-order valence-electron chi connectivity index (χ1n) is 4.90.